The number of anilines is 2. The predicted octanol–water partition coefficient (Wildman–Crippen LogP) is 2.79. The highest BCUT2D eigenvalue weighted by molar-refractivity contribution is 9.10. The van der Waals surface area contributed by atoms with Gasteiger partial charge in [-0.3, -0.25) is 14.3 Å². The van der Waals surface area contributed by atoms with Gasteiger partial charge in [0.25, 0.3) is 0 Å². The maximum atomic E-state index is 12.6. The van der Waals surface area contributed by atoms with Crippen LogP contribution in [0.1, 0.15) is 17.8 Å². The first-order valence-corrected chi connectivity index (χ1v) is 8.53. The fourth-order valence-corrected chi connectivity index (χ4v) is 3.20. The van der Waals surface area contributed by atoms with E-state index in [1.165, 1.54) is 0 Å². The number of benzene rings is 1. The van der Waals surface area contributed by atoms with E-state index in [0.717, 1.165) is 27.2 Å². The molecule has 2 aromatic rings. The molecule has 0 saturated carbocycles. The van der Waals surface area contributed by atoms with Gasteiger partial charge in [-0.25, -0.2) is 0 Å². The quantitative estimate of drug-likeness (QED) is 0.875. The summed E-state index contributed by atoms with van der Waals surface area (Å²) in [6.07, 6.45) is 0.222. The van der Waals surface area contributed by atoms with Gasteiger partial charge in [0.05, 0.1) is 23.0 Å². The monoisotopic (exact) mass is 390 g/mol. The van der Waals surface area contributed by atoms with Crippen LogP contribution in [-0.2, 0) is 16.6 Å². The Kier molecular flexibility index (Phi) is 4.45. The number of carbonyl (C=O) groups is 2. The van der Waals surface area contributed by atoms with E-state index in [1.54, 1.807) is 9.58 Å². The van der Waals surface area contributed by atoms with E-state index >= 15 is 0 Å². The molecule has 1 N–H and O–H groups in total. The summed E-state index contributed by atoms with van der Waals surface area (Å²) >= 11 is 3.38. The number of nitrogens with zero attached hydrogens (tertiary/aromatic N) is 3. The molecular formula is C17H19BrN4O2. The van der Waals surface area contributed by atoms with Crippen molar-refractivity contribution in [3.63, 3.8) is 0 Å². The number of carbonyl (C=O) groups excluding carboxylic acids is 2. The van der Waals surface area contributed by atoms with Crippen LogP contribution in [0.5, 0.6) is 0 Å². The zero-order valence-electron chi connectivity index (χ0n) is 13.8. The minimum absolute atomic E-state index is 0.0305. The van der Waals surface area contributed by atoms with Crippen LogP contribution in [0.15, 0.2) is 28.7 Å². The number of aromatic nitrogens is 2. The summed E-state index contributed by atoms with van der Waals surface area (Å²) in [4.78, 5) is 26.5. The molecule has 0 spiro atoms. The van der Waals surface area contributed by atoms with E-state index in [4.69, 9.17) is 0 Å². The lowest BCUT2D eigenvalue weighted by molar-refractivity contribution is -0.122. The molecule has 0 aliphatic carbocycles. The molecule has 2 heterocycles. The summed E-state index contributed by atoms with van der Waals surface area (Å²) in [6.45, 7) is 4.16. The second kappa shape index (κ2) is 6.39. The molecular weight excluding hydrogens is 372 g/mol. The third kappa shape index (κ3) is 3.08. The zero-order valence-corrected chi connectivity index (χ0v) is 15.4. The van der Waals surface area contributed by atoms with Gasteiger partial charge in [-0.1, -0.05) is 15.9 Å². The summed E-state index contributed by atoms with van der Waals surface area (Å²) in [5, 5.41) is 7.23. The van der Waals surface area contributed by atoms with Gasteiger partial charge in [0.1, 0.15) is 0 Å². The highest BCUT2D eigenvalue weighted by Gasteiger charge is 2.35. The van der Waals surface area contributed by atoms with E-state index in [2.05, 4.69) is 26.3 Å². The normalized spacial score (nSPS) is 17.4. The third-order valence-electron chi connectivity index (χ3n) is 4.39. The van der Waals surface area contributed by atoms with Gasteiger partial charge in [-0.2, -0.15) is 5.10 Å². The number of hydrogen-bond acceptors (Lipinski definition) is 3. The zero-order chi connectivity index (χ0) is 17.4. The lowest BCUT2D eigenvalue weighted by atomic mass is 10.1. The molecule has 1 fully saturated rings. The SMILES string of the molecule is Cc1nn(C)c(C)c1NC(=O)C1CC(=O)N(c2ccc(Br)cc2)C1. The molecule has 1 aliphatic rings. The van der Waals surface area contributed by atoms with Gasteiger partial charge in [0.2, 0.25) is 11.8 Å². The first-order chi connectivity index (χ1) is 11.4. The Morgan fingerprint density at radius 3 is 2.54 bits per heavy atom. The van der Waals surface area contributed by atoms with Gasteiger partial charge in [-0.15, -0.1) is 0 Å². The van der Waals surface area contributed by atoms with Crippen molar-refractivity contribution in [1.29, 1.82) is 0 Å². The van der Waals surface area contributed by atoms with Gasteiger partial charge in [0, 0.05) is 30.2 Å². The van der Waals surface area contributed by atoms with E-state index in [1.807, 2.05) is 45.2 Å². The lowest BCUT2D eigenvalue weighted by Crippen LogP contribution is -2.28. The van der Waals surface area contributed by atoms with Crippen molar-refractivity contribution in [2.45, 2.75) is 20.3 Å². The van der Waals surface area contributed by atoms with Gasteiger partial charge in [-0.05, 0) is 38.1 Å². The Hall–Kier alpha value is -2.15. The van der Waals surface area contributed by atoms with Crippen molar-refractivity contribution in [3.8, 4) is 0 Å². The highest BCUT2D eigenvalue weighted by atomic mass is 79.9. The Balaban J connectivity index is 1.73. The van der Waals surface area contributed by atoms with Gasteiger partial charge in [0.15, 0.2) is 0 Å². The Morgan fingerprint density at radius 2 is 1.96 bits per heavy atom. The molecule has 1 atom stereocenters. The molecule has 1 saturated heterocycles. The van der Waals surface area contributed by atoms with Crippen LogP contribution in [0.4, 0.5) is 11.4 Å². The Bertz CT molecular complexity index is 798. The van der Waals surface area contributed by atoms with E-state index in [-0.39, 0.29) is 24.2 Å². The number of rotatable bonds is 3. The van der Waals surface area contributed by atoms with Crippen LogP contribution in [0.25, 0.3) is 0 Å². The van der Waals surface area contributed by atoms with E-state index in [9.17, 15) is 9.59 Å². The minimum atomic E-state index is -0.361. The summed E-state index contributed by atoms with van der Waals surface area (Å²) in [5.74, 6) is -0.528. The second-order valence-corrected chi connectivity index (χ2v) is 6.96. The average Bonchev–Trinajstić information content (AvgIpc) is 3.04. The van der Waals surface area contributed by atoms with Crippen molar-refractivity contribution >= 4 is 39.1 Å². The summed E-state index contributed by atoms with van der Waals surface area (Å²) < 4.78 is 2.69. The number of amides is 2. The van der Waals surface area contributed by atoms with Crippen LogP contribution in [0.2, 0.25) is 0 Å². The van der Waals surface area contributed by atoms with E-state index < -0.39 is 0 Å². The standard InChI is InChI=1S/C17H19BrN4O2/c1-10-16(11(2)21(3)20-10)19-17(24)12-8-15(23)22(9-12)14-6-4-13(18)5-7-14/h4-7,12H,8-9H2,1-3H3,(H,19,24). The van der Waals surface area contributed by atoms with Crippen LogP contribution >= 0.6 is 15.9 Å². The first kappa shape index (κ1) is 16.7. The highest BCUT2D eigenvalue weighted by Crippen LogP contribution is 2.28. The van der Waals surface area contributed by atoms with Crippen LogP contribution in [-0.4, -0.2) is 28.1 Å². The number of halogens is 1. The molecule has 3 rings (SSSR count). The molecule has 1 aliphatic heterocycles. The van der Waals surface area contributed by atoms with Crippen molar-refractivity contribution in [2.75, 3.05) is 16.8 Å². The molecule has 24 heavy (non-hydrogen) atoms. The molecule has 0 radical (unpaired) electrons. The molecule has 1 aromatic carbocycles. The predicted molar refractivity (Wildman–Crippen MR) is 95.9 cm³/mol. The minimum Gasteiger partial charge on any atom is -0.323 e. The number of aryl methyl sites for hydroxylation is 2. The molecule has 7 heteroatoms. The van der Waals surface area contributed by atoms with Crippen molar-refractivity contribution in [3.05, 3.63) is 40.1 Å². The average molecular weight is 391 g/mol. The number of hydrogen-bond donors (Lipinski definition) is 1. The van der Waals surface area contributed by atoms with Crippen molar-refractivity contribution < 1.29 is 9.59 Å². The van der Waals surface area contributed by atoms with E-state index in [0.29, 0.717) is 6.54 Å². The van der Waals surface area contributed by atoms with Crippen molar-refractivity contribution in [1.82, 2.24) is 9.78 Å². The largest absolute Gasteiger partial charge is 0.323 e. The Morgan fingerprint density at radius 1 is 1.29 bits per heavy atom. The van der Waals surface area contributed by atoms with Crippen LogP contribution in [0, 0.1) is 19.8 Å². The molecule has 1 unspecified atom stereocenters. The van der Waals surface area contributed by atoms with Gasteiger partial charge >= 0.3 is 0 Å². The van der Waals surface area contributed by atoms with Crippen molar-refractivity contribution in [2.24, 2.45) is 13.0 Å². The summed E-state index contributed by atoms with van der Waals surface area (Å²) in [6, 6.07) is 7.52. The maximum absolute atomic E-state index is 12.6. The molecule has 2 amide bonds. The maximum Gasteiger partial charge on any atom is 0.229 e. The fourth-order valence-electron chi connectivity index (χ4n) is 2.93. The lowest BCUT2D eigenvalue weighted by Gasteiger charge is -2.17. The molecule has 126 valence electrons. The summed E-state index contributed by atoms with van der Waals surface area (Å²) in [5.41, 5.74) is 3.22. The molecule has 1 aromatic heterocycles. The fraction of sp³-hybridized carbons (Fsp3) is 0.353. The smallest absolute Gasteiger partial charge is 0.229 e. The van der Waals surface area contributed by atoms with Crippen LogP contribution < -0.4 is 10.2 Å². The molecule has 0 bridgehead atoms. The number of nitrogens with one attached hydrogen (secondary N) is 1. The van der Waals surface area contributed by atoms with Gasteiger partial charge < -0.3 is 10.2 Å². The second-order valence-electron chi connectivity index (χ2n) is 6.04. The molecule has 6 nitrogen and oxygen atoms in total. The first-order valence-electron chi connectivity index (χ1n) is 7.74. The Labute approximate surface area is 149 Å². The third-order valence-corrected chi connectivity index (χ3v) is 4.92. The summed E-state index contributed by atoms with van der Waals surface area (Å²) in [7, 11) is 1.84. The van der Waals surface area contributed by atoms with Crippen LogP contribution in [0.3, 0.4) is 0 Å². The topological polar surface area (TPSA) is 67.2 Å².